The molecule has 6 rings (SSSR count). The predicted molar refractivity (Wildman–Crippen MR) is 183 cm³/mol. The van der Waals surface area contributed by atoms with Gasteiger partial charge in [0, 0.05) is 17.3 Å². The van der Waals surface area contributed by atoms with E-state index in [0.29, 0.717) is 37.3 Å². The normalized spacial score (nSPS) is 14.1. The van der Waals surface area contributed by atoms with Gasteiger partial charge in [-0.05, 0) is 97.4 Å². The Balaban J connectivity index is 1.25. The maximum atomic E-state index is 13.5. The zero-order valence-corrected chi connectivity index (χ0v) is 26.7. The van der Waals surface area contributed by atoms with E-state index >= 15 is 0 Å². The van der Waals surface area contributed by atoms with Crippen molar-refractivity contribution in [1.82, 2.24) is 10.3 Å². The van der Waals surface area contributed by atoms with Gasteiger partial charge in [0.05, 0.1) is 25.7 Å². The summed E-state index contributed by atoms with van der Waals surface area (Å²) in [4.78, 5) is 56.6. The molecule has 0 radical (unpaired) electrons. The van der Waals surface area contributed by atoms with Crippen molar-refractivity contribution in [3.8, 4) is 0 Å². The molecule has 2 N–H and O–H groups in total. The molecule has 0 saturated carbocycles. The fraction of sp³-hybridized carbons (Fsp3) is 0.0606. The average Bonchev–Trinajstić information content (AvgIpc) is 3.41. The smallest absolute Gasteiger partial charge is 0.283 e. The number of thiocarbonyl (C=S) groups is 1. The van der Waals surface area contributed by atoms with Crippen molar-refractivity contribution in [3.05, 3.63) is 123 Å². The van der Waals surface area contributed by atoms with Crippen LogP contribution in [0.4, 0.5) is 17.1 Å². The van der Waals surface area contributed by atoms with E-state index in [1.165, 1.54) is 28.4 Å². The molecule has 0 spiro atoms. The minimum atomic E-state index is -0.689. The number of fused-ring (bicyclic) bond motifs is 1. The number of aryl methyl sites for hydroxylation is 2. The fourth-order valence-corrected chi connectivity index (χ4v) is 7.33. The molecule has 1 aliphatic rings. The third kappa shape index (κ3) is 6.42. The molecular formula is C33H23N5O5S3. The van der Waals surface area contributed by atoms with Crippen LogP contribution in [0.25, 0.3) is 16.3 Å². The number of aromatic nitrogens is 1. The minimum Gasteiger partial charge on any atom is -0.322 e. The molecule has 2 heterocycles. The average molecular weight is 666 g/mol. The molecule has 10 nitrogen and oxygen atoms in total. The van der Waals surface area contributed by atoms with Gasteiger partial charge in [0.25, 0.3) is 23.4 Å². The SMILES string of the molecule is Cc1cc(C)cc(N2C(=O)/C(=C/c3ccc(Sc4nc5ccc(NC(=O)c6ccccc6)cc5s4)c([N+](=O)[O-])c3)C(=O)NC2=S)c1. The lowest BCUT2D eigenvalue weighted by atomic mass is 10.1. The number of hydrogen-bond acceptors (Lipinski definition) is 9. The number of hydrogen-bond donors (Lipinski definition) is 2. The van der Waals surface area contributed by atoms with Gasteiger partial charge >= 0.3 is 0 Å². The van der Waals surface area contributed by atoms with Crippen molar-refractivity contribution >= 4 is 91.5 Å². The van der Waals surface area contributed by atoms with Crippen LogP contribution in [0.3, 0.4) is 0 Å². The maximum Gasteiger partial charge on any atom is 0.283 e. The Morgan fingerprint density at radius 3 is 2.48 bits per heavy atom. The lowest BCUT2D eigenvalue weighted by Crippen LogP contribution is -2.54. The minimum absolute atomic E-state index is 0.0450. The van der Waals surface area contributed by atoms with Gasteiger partial charge in [0.2, 0.25) is 0 Å². The Morgan fingerprint density at radius 1 is 1.02 bits per heavy atom. The lowest BCUT2D eigenvalue weighted by Gasteiger charge is -2.29. The highest BCUT2D eigenvalue weighted by molar-refractivity contribution is 8.01. The fourth-order valence-electron chi connectivity index (χ4n) is 4.90. The van der Waals surface area contributed by atoms with E-state index in [-0.39, 0.29) is 22.3 Å². The first kappa shape index (κ1) is 30.8. The van der Waals surface area contributed by atoms with E-state index in [4.69, 9.17) is 12.2 Å². The number of nitro benzene ring substituents is 1. The lowest BCUT2D eigenvalue weighted by molar-refractivity contribution is -0.387. The Bertz CT molecular complexity index is 2110. The van der Waals surface area contributed by atoms with Gasteiger partial charge in [0.1, 0.15) is 5.57 Å². The van der Waals surface area contributed by atoms with E-state index in [0.717, 1.165) is 27.6 Å². The Hall–Kier alpha value is -5.24. The van der Waals surface area contributed by atoms with E-state index in [1.54, 1.807) is 66.7 Å². The topological polar surface area (TPSA) is 135 Å². The highest BCUT2D eigenvalue weighted by Gasteiger charge is 2.35. The van der Waals surface area contributed by atoms with E-state index < -0.39 is 16.7 Å². The number of thiazole rings is 1. The summed E-state index contributed by atoms with van der Waals surface area (Å²) in [5, 5.41) is 17.5. The molecule has 46 heavy (non-hydrogen) atoms. The van der Waals surface area contributed by atoms with Crippen LogP contribution < -0.4 is 15.5 Å². The second kappa shape index (κ2) is 12.6. The first-order chi connectivity index (χ1) is 22.0. The number of nitrogens with zero attached hydrogens (tertiary/aromatic N) is 3. The van der Waals surface area contributed by atoms with Crippen LogP contribution in [0, 0.1) is 24.0 Å². The van der Waals surface area contributed by atoms with Crippen LogP contribution in [-0.4, -0.2) is 32.7 Å². The Labute approximate surface area is 276 Å². The molecule has 1 saturated heterocycles. The van der Waals surface area contributed by atoms with Crippen LogP contribution in [0.5, 0.6) is 0 Å². The monoisotopic (exact) mass is 665 g/mol. The summed E-state index contributed by atoms with van der Waals surface area (Å²) in [7, 11) is 0. The van der Waals surface area contributed by atoms with Crippen molar-refractivity contribution < 1.29 is 19.3 Å². The summed E-state index contributed by atoms with van der Waals surface area (Å²) in [5.41, 5.74) is 4.04. The molecule has 0 bridgehead atoms. The molecule has 3 amide bonds. The quantitative estimate of drug-likeness (QED) is 0.0621. The van der Waals surface area contributed by atoms with Crippen LogP contribution in [0.15, 0.2) is 99.7 Å². The molecule has 5 aromatic rings. The summed E-state index contributed by atoms with van der Waals surface area (Å²) in [6.07, 6.45) is 1.32. The number of rotatable bonds is 7. The highest BCUT2D eigenvalue weighted by atomic mass is 32.2. The van der Waals surface area contributed by atoms with Crippen molar-refractivity contribution in [2.75, 3.05) is 10.2 Å². The van der Waals surface area contributed by atoms with Gasteiger partial charge in [-0.15, -0.1) is 11.3 Å². The number of nitro groups is 1. The van der Waals surface area contributed by atoms with Crippen molar-refractivity contribution in [2.45, 2.75) is 23.1 Å². The van der Waals surface area contributed by atoms with Crippen LogP contribution in [0.1, 0.15) is 27.0 Å². The van der Waals surface area contributed by atoms with Gasteiger partial charge < -0.3 is 5.32 Å². The predicted octanol–water partition coefficient (Wildman–Crippen LogP) is 7.06. The van der Waals surface area contributed by atoms with Crippen LogP contribution >= 0.6 is 35.3 Å². The number of anilines is 2. The van der Waals surface area contributed by atoms with Gasteiger partial charge in [-0.25, -0.2) is 4.98 Å². The zero-order chi connectivity index (χ0) is 32.5. The molecule has 1 aliphatic heterocycles. The van der Waals surface area contributed by atoms with Gasteiger partial charge in [0.15, 0.2) is 9.45 Å². The molecule has 1 fully saturated rings. The summed E-state index contributed by atoms with van der Waals surface area (Å²) in [6, 6.07) is 24.2. The van der Waals surface area contributed by atoms with Crippen LogP contribution in [-0.2, 0) is 9.59 Å². The van der Waals surface area contributed by atoms with Crippen LogP contribution in [0.2, 0.25) is 0 Å². The first-order valence-electron chi connectivity index (χ1n) is 13.8. The summed E-state index contributed by atoms with van der Waals surface area (Å²) >= 11 is 7.76. The Morgan fingerprint density at radius 2 is 1.76 bits per heavy atom. The molecule has 4 aromatic carbocycles. The molecule has 13 heteroatoms. The standard InChI is InChI=1S/C33H23N5O5S3/c1-18-12-19(2)14-23(13-18)37-31(41)24(30(40)36-32(37)44)15-20-8-11-27(26(16-20)38(42)43)45-33-35-25-10-9-22(17-28(25)46-33)34-29(39)21-6-4-3-5-7-21/h3-17H,1-2H3,(H,34,39)(H,36,40,44)/b24-15+. The summed E-state index contributed by atoms with van der Waals surface area (Å²) in [6.45, 7) is 3.78. The third-order valence-electron chi connectivity index (χ3n) is 6.92. The van der Waals surface area contributed by atoms with E-state index in [2.05, 4.69) is 15.6 Å². The second-order valence-corrected chi connectivity index (χ2v) is 13.1. The zero-order valence-electron chi connectivity index (χ0n) is 24.3. The Kier molecular flexibility index (Phi) is 8.45. The molecule has 0 aliphatic carbocycles. The molecular weight excluding hydrogens is 643 g/mol. The number of nitrogens with one attached hydrogen (secondary N) is 2. The van der Waals surface area contributed by atoms with Gasteiger partial charge in [-0.3, -0.25) is 34.7 Å². The van der Waals surface area contributed by atoms with Crippen molar-refractivity contribution in [2.24, 2.45) is 0 Å². The molecule has 0 atom stereocenters. The molecule has 228 valence electrons. The number of carbonyl (C=O) groups is 3. The summed E-state index contributed by atoms with van der Waals surface area (Å²) < 4.78 is 1.36. The number of benzene rings is 4. The molecule has 1 aromatic heterocycles. The maximum absolute atomic E-state index is 13.5. The first-order valence-corrected chi connectivity index (χ1v) is 15.8. The van der Waals surface area contributed by atoms with E-state index in [1.807, 2.05) is 26.0 Å². The van der Waals surface area contributed by atoms with Crippen molar-refractivity contribution in [1.29, 1.82) is 0 Å². The highest BCUT2D eigenvalue weighted by Crippen LogP contribution is 2.40. The van der Waals surface area contributed by atoms with E-state index in [9.17, 15) is 24.5 Å². The third-order valence-corrected chi connectivity index (χ3v) is 9.35. The summed E-state index contributed by atoms with van der Waals surface area (Å²) in [5.74, 6) is -1.56. The van der Waals surface area contributed by atoms with Crippen molar-refractivity contribution in [3.63, 3.8) is 0 Å². The van der Waals surface area contributed by atoms with Gasteiger partial charge in [-0.1, -0.05) is 42.1 Å². The number of carbonyl (C=O) groups excluding carboxylic acids is 3. The van der Waals surface area contributed by atoms with Gasteiger partial charge in [-0.2, -0.15) is 0 Å². The largest absolute Gasteiger partial charge is 0.322 e. The molecule has 0 unspecified atom stereocenters. The number of amides is 3. The second-order valence-electron chi connectivity index (χ2n) is 10.4.